The summed E-state index contributed by atoms with van der Waals surface area (Å²) in [6, 6.07) is 0.773. The van der Waals surface area contributed by atoms with Crippen molar-refractivity contribution in [3.05, 3.63) is 16.1 Å². The van der Waals surface area contributed by atoms with E-state index in [0.717, 1.165) is 6.04 Å². The van der Waals surface area contributed by atoms with Crippen molar-refractivity contribution in [2.75, 3.05) is 13.1 Å². The molecule has 0 radical (unpaired) electrons. The van der Waals surface area contributed by atoms with Gasteiger partial charge in [-0.2, -0.15) is 0 Å². The predicted molar refractivity (Wildman–Crippen MR) is 74.7 cm³/mol. The van der Waals surface area contributed by atoms with E-state index in [0.29, 0.717) is 0 Å². The molecule has 0 fully saturated rings. The Balaban J connectivity index is 1.96. The molecule has 0 bridgehead atoms. The zero-order valence-corrected chi connectivity index (χ0v) is 11.9. The van der Waals surface area contributed by atoms with Crippen molar-refractivity contribution in [1.82, 2.24) is 9.88 Å². The Hall–Kier alpha value is -0.410. The minimum atomic E-state index is 0.773. The molecule has 2 nitrogen and oxygen atoms in total. The summed E-state index contributed by atoms with van der Waals surface area (Å²) < 4.78 is 0. The predicted octanol–water partition coefficient (Wildman–Crippen LogP) is 3.51. The first-order valence-electron chi connectivity index (χ1n) is 7.00. The van der Waals surface area contributed by atoms with Crippen molar-refractivity contribution in [3.8, 4) is 0 Å². The molecule has 1 aliphatic rings. The van der Waals surface area contributed by atoms with E-state index in [1.54, 1.807) is 4.88 Å². The van der Waals surface area contributed by atoms with Crippen LogP contribution in [-0.4, -0.2) is 29.0 Å². The Morgan fingerprint density at radius 2 is 2.24 bits per heavy atom. The second-order valence-electron chi connectivity index (χ2n) is 5.01. The SMILES string of the molecule is CCCCN(CCC)C1CCc2ncsc2C1. The Morgan fingerprint density at radius 1 is 1.35 bits per heavy atom. The topological polar surface area (TPSA) is 16.1 Å². The van der Waals surface area contributed by atoms with E-state index >= 15 is 0 Å². The van der Waals surface area contributed by atoms with Gasteiger partial charge in [0, 0.05) is 10.9 Å². The molecule has 1 heterocycles. The number of thiazole rings is 1. The largest absolute Gasteiger partial charge is 0.300 e. The van der Waals surface area contributed by atoms with Crippen LogP contribution in [0.15, 0.2) is 5.51 Å². The highest BCUT2D eigenvalue weighted by atomic mass is 32.1. The van der Waals surface area contributed by atoms with E-state index in [2.05, 4.69) is 23.7 Å². The van der Waals surface area contributed by atoms with Crippen LogP contribution in [0.5, 0.6) is 0 Å². The summed E-state index contributed by atoms with van der Waals surface area (Å²) in [4.78, 5) is 8.71. The van der Waals surface area contributed by atoms with Crippen LogP contribution >= 0.6 is 11.3 Å². The molecule has 0 amide bonds. The normalized spacial score (nSPS) is 19.6. The third-order valence-electron chi connectivity index (χ3n) is 3.69. The van der Waals surface area contributed by atoms with E-state index in [1.165, 1.54) is 57.3 Å². The van der Waals surface area contributed by atoms with Gasteiger partial charge in [-0.15, -0.1) is 11.3 Å². The van der Waals surface area contributed by atoms with Gasteiger partial charge in [0.25, 0.3) is 0 Å². The average molecular weight is 252 g/mol. The molecule has 0 saturated carbocycles. The van der Waals surface area contributed by atoms with Crippen molar-refractivity contribution < 1.29 is 0 Å². The van der Waals surface area contributed by atoms with Crippen molar-refractivity contribution in [3.63, 3.8) is 0 Å². The van der Waals surface area contributed by atoms with E-state index in [4.69, 9.17) is 0 Å². The van der Waals surface area contributed by atoms with Gasteiger partial charge in [0.1, 0.15) is 0 Å². The fraction of sp³-hybridized carbons (Fsp3) is 0.786. The summed E-state index contributed by atoms with van der Waals surface area (Å²) in [5, 5.41) is 0. The molecule has 1 aromatic rings. The Bertz CT molecular complexity index is 335. The molecule has 0 aromatic carbocycles. The standard InChI is InChI=1S/C14H24N2S/c1-3-5-9-16(8-4-2)12-6-7-13-14(10-12)17-11-15-13/h11-12H,3-10H2,1-2H3. The first kappa shape index (κ1) is 13.0. The zero-order chi connectivity index (χ0) is 12.1. The molecule has 1 unspecified atom stereocenters. The number of rotatable bonds is 6. The van der Waals surface area contributed by atoms with Crippen molar-refractivity contribution in [2.45, 2.75) is 58.4 Å². The molecule has 2 rings (SSSR count). The minimum Gasteiger partial charge on any atom is -0.300 e. The van der Waals surface area contributed by atoms with Crippen LogP contribution < -0.4 is 0 Å². The smallest absolute Gasteiger partial charge is 0.0797 e. The average Bonchev–Trinajstić information content (AvgIpc) is 2.81. The number of aromatic nitrogens is 1. The first-order chi connectivity index (χ1) is 8.35. The summed E-state index contributed by atoms with van der Waals surface area (Å²) in [6.45, 7) is 7.12. The summed E-state index contributed by atoms with van der Waals surface area (Å²) in [6.07, 6.45) is 7.65. The van der Waals surface area contributed by atoms with Crippen LogP contribution in [0.1, 0.15) is 50.1 Å². The van der Waals surface area contributed by atoms with Crippen LogP contribution in [-0.2, 0) is 12.8 Å². The lowest BCUT2D eigenvalue weighted by molar-refractivity contribution is 0.177. The third-order valence-corrected chi connectivity index (χ3v) is 4.58. The minimum absolute atomic E-state index is 0.773. The van der Waals surface area contributed by atoms with Gasteiger partial charge in [-0.1, -0.05) is 20.3 Å². The number of hydrogen-bond acceptors (Lipinski definition) is 3. The number of aryl methyl sites for hydroxylation is 1. The lowest BCUT2D eigenvalue weighted by atomic mass is 9.96. The van der Waals surface area contributed by atoms with Gasteiger partial charge in [0.05, 0.1) is 11.2 Å². The maximum Gasteiger partial charge on any atom is 0.0797 e. The van der Waals surface area contributed by atoms with Crippen LogP contribution in [0.4, 0.5) is 0 Å². The van der Waals surface area contributed by atoms with Crippen molar-refractivity contribution in [1.29, 1.82) is 0 Å². The number of unbranched alkanes of at least 4 members (excludes halogenated alkanes) is 1. The maximum absolute atomic E-state index is 4.46. The second-order valence-corrected chi connectivity index (χ2v) is 5.95. The fourth-order valence-corrected chi connectivity index (χ4v) is 3.61. The van der Waals surface area contributed by atoms with Gasteiger partial charge in [0.15, 0.2) is 0 Å². The van der Waals surface area contributed by atoms with E-state index in [-0.39, 0.29) is 0 Å². The molecule has 1 aromatic heterocycles. The number of fused-ring (bicyclic) bond motifs is 1. The molecular formula is C14H24N2S. The summed E-state index contributed by atoms with van der Waals surface area (Å²) >= 11 is 1.85. The summed E-state index contributed by atoms with van der Waals surface area (Å²) in [5.74, 6) is 0. The van der Waals surface area contributed by atoms with Gasteiger partial charge in [0.2, 0.25) is 0 Å². The third kappa shape index (κ3) is 3.29. The van der Waals surface area contributed by atoms with Crippen molar-refractivity contribution in [2.24, 2.45) is 0 Å². The lowest BCUT2D eigenvalue weighted by Gasteiger charge is -2.33. The zero-order valence-electron chi connectivity index (χ0n) is 11.1. The van der Waals surface area contributed by atoms with Crippen LogP contribution in [0, 0.1) is 0 Å². The van der Waals surface area contributed by atoms with E-state index in [1.807, 2.05) is 16.8 Å². The highest BCUT2D eigenvalue weighted by molar-refractivity contribution is 7.09. The molecule has 0 saturated heterocycles. The van der Waals surface area contributed by atoms with E-state index in [9.17, 15) is 0 Å². The second kappa shape index (κ2) is 6.50. The monoisotopic (exact) mass is 252 g/mol. The highest BCUT2D eigenvalue weighted by Crippen LogP contribution is 2.27. The molecule has 96 valence electrons. The summed E-state index contributed by atoms with van der Waals surface area (Å²) in [7, 11) is 0. The molecule has 1 aliphatic carbocycles. The summed E-state index contributed by atoms with van der Waals surface area (Å²) in [5.41, 5.74) is 3.39. The number of hydrogen-bond donors (Lipinski definition) is 0. The van der Waals surface area contributed by atoms with Gasteiger partial charge < -0.3 is 4.90 Å². The molecular weight excluding hydrogens is 228 g/mol. The Kier molecular flexibility index (Phi) is 4.99. The van der Waals surface area contributed by atoms with Gasteiger partial charge in [-0.25, -0.2) is 4.98 Å². The van der Waals surface area contributed by atoms with E-state index < -0.39 is 0 Å². The quantitative estimate of drug-likeness (QED) is 0.770. The molecule has 0 spiro atoms. The Morgan fingerprint density at radius 3 is 3.00 bits per heavy atom. The molecule has 17 heavy (non-hydrogen) atoms. The molecule has 3 heteroatoms. The molecule has 0 N–H and O–H groups in total. The van der Waals surface area contributed by atoms with Crippen LogP contribution in [0.2, 0.25) is 0 Å². The molecule has 0 aliphatic heterocycles. The highest BCUT2D eigenvalue weighted by Gasteiger charge is 2.24. The van der Waals surface area contributed by atoms with Gasteiger partial charge >= 0.3 is 0 Å². The first-order valence-corrected chi connectivity index (χ1v) is 7.88. The van der Waals surface area contributed by atoms with Gasteiger partial charge in [-0.05, 0) is 45.2 Å². The number of nitrogens with zero attached hydrogens (tertiary/aromatic N) is 2. The molecule has 1 atom stereocenters. The maximum atomic E-state index is 4.46. The lowest BCUT2D eigenvalue weighted by Crippen LogP contribution is -2.40. The fourth-order valence-electron chi connectivity index (χ4n) is 2.72. The Labute approximate surface area is 109 Å². The van der Waals surface area contributed by atoms with Gasteiger partial charge in [-0.3, -0.25) is 0 Å². The van der Waals surface area contributed by atoms with Crippen LogP contribution in [0.3, 0.4) is 0 Å². The van der Waals surface area contributed by atoms with Crippen LogP contribution in [0.25, 0.3) is 0 Å². The van der Waals surface area contributed by atoms with Crippen molar-refractivity contribution >= 4 is 11.3 Å².